The van der Waals surface area contributed by atoms with Gasteiger partial charge in [-0.15, -0.1) is 0 Å². The number of ether oxygens (including phenoxy) is 1. The molecule has 0 saturated carbocycles. The van der Waals surface area contributed by atoms with Gasteiger partial charge in [0, 0.05) is 17.2 Å². The molecule has 0 radical (unpaired) electrons. The first kappa shape index (κ1) is 13.8. The summed E-state index contributed by atoms with van der Waals surface area (Å²) in [4.78, 5) is 10.1. The molecule has 0 aliphatic carbocycles. The Morgan fingerprint density at radius 1 is 1.25 bits per heavy atom. The number of nitriles is 1. The maximum absolute atomic E-state index is 10.7. The van der Waals surface area contributed by atoms with Crippen LogP contribution < -0.4 is 4.74 Å². The maximum Gasteiger partial charge on any atom is 0.271 e. The number of hydrogen-bond acceptors (Lipinski definition) is 4. The highest BCUT2D eigenvalue weighted by atomic mass is 35.5. The van der Waals surface area contributed by atoms with E-state index in [2.05, 4.69) is 0 Å². The van der Waals surface area contributed by atoms with Crippen molar-refractivity contribution in [1.82, 2.24) is 0 Å². The lowest BCUT2D eigenvalue weighted by Crippen LogP contribution is -1.93. The van der Waals surface area contributed by atoms with Crippen molar-refractivity contribution < 1.29 is 9.66 Å². The van der Waals surface area contributed by atoms with Gasteiger partial charge in [-0.25, -0.2) is 0 Å². The SMILES string of the molecule is Cc1cc(Cl)ccc1Oc1ccc([N+](=O)[O-])cc1C#N. The molecule has 0 N–H and O–H groups in total. The molecule has 6 heteroatoms. The largest absolute Gasteiger partial charge is 0.456 e. The summed E-state index contributed by atoms with van der Waals surface area (Å²) >= 11 is 5.85. The van der Waals surface area contributed by atoms with E-state index in [9.17, 15) is 10.1 Å². The second-order valence-corrected chi connectivity index (χ2v) is 4.50. The van der Waals surface area contributed by atoms with Crippen LogP contribution in [-0.2, 0) is 0 Å². The van der Waals surface area contributed by atoms with Crippen LogP contribution in [0.1, 0.15) is 11.1 Å². The predicted octanol–water partition coefficient (Wildman–Crippen LogP) is 4.22. The van der Waals surface area contributed by atoms with Crippen LogP contribution in [0.4, 0.5) is 5.69 Å². The van der Waals surface area contributed by atoms with Crippen LogP contribution >= 0.6 is 11.6 Å². The number of nitro groups is 1. The summed E-state index contributed by atoms with van der Waals surface area (Å²) in [5.41, 5.74) is 0.759. The van der Waals surface area contributed by atoms with Crippen molar-refractivity contribution in [1.29, 1.82) is 5.26 Å². The highest BCUT2D eigenvalue weighted by molar-refractivity contribution is 6.30. The smallest absolute Gasteiger partial charge is 0.271 e. The molecule has 20 heavy (non-hydrogen) atoms. The second-order valence-electron chi connectivity index (χ2n) is 4.06. The van der Waals surface area contributed by atoms with Crippen molar-refractivity contribution in [2.75, 3.05) is 0 Å². The topological polar surface area (TPSA) is 76.2 Å². The minimum Gasteiger partial charge on any atom is -0.456 e. The second kappa shape index (κ2) is 5.59. The van der Waals surface area contributed by atoms with Crippen molar-refractivity contribution in [3.8, 4) is 17.6 Å². The first-order valence-electron chi connectivity index (χ1n) is 5.64. The molecule has 2 rings (SSSR count). The number of benzene rings is 2. The number of halogens is 1. The molecule has 0 unspecified atom stereocenters. The Labute approximate surface area is 120 Å². The van der Waals surface area contributed by atoms with E-state index in [1.807, 2.05) is 13.0 Å². The molecule has 2 aromatic carbocycles. The number of nitro benzene ring substituents is 1. The summed E-state index contributed by atoms with van der Waals surface area (Å²) in [6.07, 6.45) is 0. The molecule has 0 saturated heterocycles. The molecule has 0 aromatic heterocycles. The van der Waals surface area contributed by atoms with Gasteiger partial charge in [0.05, 0.1) is 4.92 Å². The van der Waals surface area contributed by atoms with Crippen LogP contribution in [-0.4, -0.2) is 4.92 Å². The van der Waals surface area contributed by atoms with Gasteiger partial charge >= 0.3 is 0 Å². The van der Waals surface area contributed by atoms with E-state index in [1.54, 1.807) is 18.2 Å². The van der Waals surface area contributed by atoms with Gasteiger partial charge in [-0.1, -0.05) is 11.6 Å². The molecule has 100 valence electrons. The monoisotopic (exact) mass is 288 g/mol. The Hall–Kier alpha value is -2.58. The Morgan fingerprint density at radius 3 is 2.55 bits per heavy atom. The third-order valence-electron chi connectivity index (χ3n) is 2.65. The van der Waals surface area contributed by atoms with Crippen LogP contribution in [0.3, 0.4) is 0 Å². The zero-order chi connectivity index (χ0) is 14.7. The molecule has 0 aliphatic heterocycles. The molecule has 0 bridgehead atoms. The predicted molar refractivity (Wildman–Crippen MR) is 74.1 cm³/mol. The first-order chi connectivity index (χ1) is 9.51. The van der Waals surface area contributed by atoms with Gasteiger partial charge in [0.25, 0.3) is 5.69 Å². The van der Waals surface area contributed by atoms with Gasteiger partial charge in [-0.3, -0.25) is 10.1 Å². The summed E-state index contributed by atoms with van der Waals surface area (Å²) in [5.74, 6) is 0.809. The zero-order valence-corrected chi connectivity index (χ0v) is 11.2. The van der Waals surface area contributed by atoms with Crippen LogP contribution in [0.25, 0.3) is 0 Å². The fourth-order valence-corrected chi connectivity index (χ4v) is 1.88. The Bertz CT molecular complexity index is 723. The molecule has 0 atom stereocenters. The van der Waals surface area contributed by atoms with Gasteiger partial charge in [-0.05, 0) is 36.8 Å². The lowest BCUT2D eigenvalue weighted by atomic mass is 10.2. The molecule has 0 heterocycles. The molecular weight excluding hydrogens is 280 g/mol. The van der Waals surface area contributed by atoms with E-state index in [0.29, 0.717) is 10.8 Å². The Balaban J connectivity index is 2.39. The van der Waals surface area contributed by atoms with Crippen molar-refractivity contribution >= 4 is 17.3 Å². The van der Waals surface area contributed by atoms with Crippen LogP contribution in [0.2, 0.25) is 5.02 Å². The van der Waals surface area contributed by atoms with Gasteiger partial charge in [0.15, 0.2) is 0 Å². The average Bonchev–Trinajstić information content (AvgIpc) is 2.42. The van der Waals surface area contributed by atoms with Crippen LogP contribution in [0.5, 0.6) is 11.5 Å². The number of rotatable bonds is 3. The summed E-state index contributed by atoms with van der Waals surface area (Å²) in [5, 5.41) is 20.3. The standard InChI is InChI=1S/C14H9ClN2O3/c1-9-6-11(15)2-4-13(9)20-14-5-3-12(17(18)19)7-10(14)8-16/h2-7H,1H3. The highest BCUT2D eigenvalue weighted by Crippen LogP contribution is 2.31. The van der Waals surface area contributed by atoms with E-state index in [4.69, 9.17) is 21.6 Å². The van der Waals surface area contributed by atoms with E-state index in [1.165, 1.54) is 18.2 Å². The third-order valence-corrected chi connectivity index (χ3v) is 2.89. The quantitative estimate of drug-likeness (QED) is 0.626. The van der Waals surface area contributed by atoms with Crippen molar-refractivity contribution in [2.24, 2.45) is 0 Å². The average molecular weight is 289 g/mol. The van der Waals surface area contributed by atoms with Gasteiger partial charge < -0.3 is 4.74 Å². The Kier molecular flexibility index (Phi) is 3.87. The summed E-state index contributed by atoms with van der Waals surface area (Å²) in [6.45, 7) is 1.82. The van der Waals surface area contributed by atoms with Gasteiger partial charge in [0.1, 0.15) is 23.1 Å². The molecule has 2 aromatic rings. The molecular formula is C14H9ClN2O3. The third kappa shape index (κ3) is 2.87. The fraction of sp³-hybridized carbons (Fsp3) is 0.0714. The maximum atomic E-state index is 10.7. The normalized spacial score (nSPS) is 9.85. The van der Waals surface area contributed by atoms with Crippen molar-refractivity contribution in [3.05, 3.63) is 62.7 Å². The number of aryl methyl sites for hydroxylation is 1. The Morgan fingerprint density at radius 2 is 1.95 bits per heavy atom. The zero-order valence-electron chi connectivity index (χ0n) is 10.5. The van der Waals surface area contributed by atoms with Gasteiger partial charge in [0.2, 0.25) is 0 Å². The van der Waals surface area contributed by atoms with Crippen molar-refractivity contribution in [3.63, 3.8) is 0 Å². The minimum absolute atomic E-state index is 0.105. The first-order valence-corrected chi connectivity index (χ1v) is 6.01. The number of non-ortho nitro benzene ring substituents is 1. The molecule has 0 aliphatic rings. The van der Waals surface area contributed by atoms with E-state index in [-0.39, 0.29) is 17.0 Å². The molecule has 5 nitrogen and oxygen atoms in total. The number of nitrogens with zero attached hydrogens (tertiary/aromatic N) is 2. The number of hydrogen-bond donors (Lipinski definition) is 0. The summed E-state index contributed by atoms with van der Waals surface area (Å²) in [7, 11) is 0. The fourth-order valence-electron chi connectivity index (χ4n) is 1.65. The molecule has 0 spiro atoms. The van der Waals surface area contributed by atoms with E-state index >= 15 is 0 Å². The summed E-state index contributed by atoms with van der Waals surface area (Å²) < 4.78 is 5.62. The van der Waals surface area contributed by atoms with E-state index < -0.39 is 4.92 Å². The van der Waals surface area contributed by atoms with Crippen LogP contribution in [0.15, 0.2) is 36.4 Å². The lowest BCUT2D eigenvalue weighted by molar-refractivity contribution is -0.384. The van der Waals surface area contributed by atoms with Gasteiger partial charge in [-0.2, -0.15) is 5.26 Å². The molecule has 0 amide bonds. The van der Waals surface area contributed by atoms with E-state index in [0.717, 1.165) is 5.56 Å². The summed E-state index contributed by atoms with van der Waals surface area (Å²) in [6, 6.07) is 10.8. The lowest BCUT2D eigenvalue weighted by Gasteiger charge is -2.10. The molecule has 0 fully saturated rings. The minimum atomic E-state index is -0.557. The van der Waals surface area contributed by atoms with Crippen LogP contribution in [0, 0.1) is 28.4 Å². The highest BCUT2D eigenvalue weighted by Gasteiger charge is 2.13. The van der Waals surface area contributed by atoms with Crippen molar-refractivity contribution in [2.45, 2.75) is 6.92 Å².